The molecule has 0 unspecified atom stereocenters. The zero-order valence-electron chi connectivity index (χ0n) is 11.8. The Labute approximate surface area is 113 Å². The topological polar surface area (TPSA) is 75.0 Å². The van der Waals surface area contributed by atoms with Crippen LogP contribution in [0.2, 0.25) is 0 Å². The van der Waals surface area contributed by atoms with Crippen molar-refractivity contribution in [3.05, 3.63) is 23.4 Å². The molecule has 0 aliphatic rings. The summed E-state index contributed by atoms with van der Waals surface area (Å²) in [4.78, 5) is 15.6. The van der Waals surface area contributed by atoms with Crippen LogP contribution in [0.3, 0.4) is 0 Å². The molecule has 102 valence electrons. The maximum absolute atomic E-state index is 11.5. The van der Waals surface area contributed by atoms with E-state index in [9.17, 15) is 4.79 Å². The Morgan fingerprint density at radius 2 is 2.21 bits per heavy atom. The van der Waals surface area contributed by atoms with E-state index in [1.807, 2.05) is 33.8 Å². The number of carbonyl (C=O) groups excluding carboxylic acids is 1. The molecule has 0 bridgehead atoms. The minimum atomic E-state index is -0.459. The lowest BCUT2D eigenvalue weighted by atomic mass is 10.2. The van der Waals surface area contributed by atoms with E-state index >= 15 is 0 Å². The van der Waals surface area contributed by atoms with Crippen molar-refractivity contribution in [1.82, 2.24) is 4.98 Å². The third-order valence-electron chi connectivity index (χ3n) is 2.25. The van der Waals surface area contributed by atoms with Gasteiger partial charge >= 0.3 is 5.97 Å². The molecule has 0 saturated heterocycles. The first-order valence-corrected chi connectivity index (χ1v) is 6.14. The molecule has 0 amide bonds. The highest BCUT2D eigenvalue weighted by atomic mass is 16.6. The molecule has 1 heterocycles. The molecular formula is C14H19N3O2. The van der Waals surface area contributed by atoms with Gasteiger partial charge in [-0.15, -0.1) is 0 Å². The number of esters is 1. The van der Waals surface area contributed by atoms with E-state index in [-0.39, 0.29) is 12.4 Å². The van der Waals surface area contributed by atoms with Crippen LogP contribution in [0.15, 0.2) is 12.3 Å². The summed E-state index contributed by atoms with van der Waals surface area (Å²) >= 11 is 0. The summed E-state index contributed by atoms with van der Waals surface area (Å²) in [6.45, 7) is 7.83. The van der Waals surface area contributed by atoms with Gasteiger partial charge < -0.3 is 10.1 Å². The first-order valence-electron chi connectivity index (χ1n) is 6.14. The molecule has 0 atom stereocenters. The van der Waals surface area contributed by atoms with Crippen molar-refractivity contribution in [3.63, 3.8) is 0 Å². The second kappa shape index (κ2) is 6.19. The molecule has 0 aliphatic carbocycles. The molecule has 0 saturated carbocycles. The third kappa shape index (κ3) is 5.38. The second-order valence-electron chi connectivity index (χ2n) is 5.26. The molecule has 0 aliphatic heterocycles. The largest absolute Gasteiger partial charge is 0.460 e. The standard InChI is InChI=1S/C14H19N3O2/c1-10-7-11(8-15)9-17-13(10)16-6-5-12(18)19-14(2,3)4/h7,9H,5-6H2,1-4H3,(H,16,17). The lowest BCUT2D eigenvalue weighted by Gasteiger charge is -2.19. The number of aromatic nitrogens is 1. The lowest BCUT2D eigenvalue weighted by molar-refractivity contribution is -0.154. The van der Waals surface area contributed by atoms with E-state index in [1.165, 1.54) is 6.20 Å². The highest BCUT2D eigenvalue weighted by Gasteiger charge is 2.15. The minimum Gasteiger partial charge on any atom is -0.460 e. The lowest BCUT2D eigenvalue weighted by Crippen LogP contribution is -2.25. The number of anilines is 1. The quantitative estimate of drug-likeness (QED) is 0.842. The Morgan fingerprint density at radius 3 is 2.74 bits per heavy atom. The SMILES string of the molecule is Cc1cc(C#N)cnc1NCCC(=O)OC(C)(C)C. The van der Waals surface area contributed by atoms with Crippen molar-refractivity contribution in [2.24, 2.45) is 0 Å². The molecule has 0 spiro atoms. The summed E-state index contributed by atoms with van der Waals surface area (Å²) in [7, 11) is 0. The van der Waals surface area contributed by atoms with Gasteiger partial charge in [-0.3, -0.25) is 4.79 Å². The van der Waals surface area contributed by atoms with Crippen molar-refractivity contribution in [1.29, 1.82) is 5.26 Å². The van der Waals surface area contributed by atoms with E-state index < -0.39 is 5.60 Å². The third-order valence-corrected chi connectivity index (χ3v) is 2.25. The maximum Gasteiger partial charge on any atom is 0.308 e. The highest BCUT2D eigenvalue weighted by Crippen LogP contribution is 2.13. The fourth-order valence-corrected chi connectivity index (χ4v) is 1.50. The molecule has 1 aromatic heterocycles. The van der Waals surface area contributed by atoms with E-state index in [2.05, 4.69) is 10.3 Å². The van der Waals surface area contributed by atoms with Crippen LogP contribution in [-0.2, 0) is 9.53 Å². The number of carbonyl (C=O) groups is 1. The molecule has 0 aromatic carbocycles. The average Bonchev–Trinajstić information content (AvgIpc) is 2.28. The molecule has 5 heteroatoms. The monoisotopic (exact) mass is 261 g/mol. The molecule has 0 fully saturated rings. The Kier molecular flexibility index (Phi) is 4.87. The number of aryl methyl sites for hydroxylation is 1. The highest BCUT2D eigenvalue weighted by molar-refractivity contribution is 5.70. The number of hydrogen-bond acceptors (Lipinski definition) is 5. The first kappa shape index (κ1) is 15.0. The smallest absolute Gasteiger partial charge is 0.308 e. The molecule has 1 rings (SSSR count). The molecule has 0 radical (unpaired) electrons. The predicted octanol–water partition coefficient (Wildman–Crippen LogP) is 2.41. The Morgan fingerprint density at radius 1 is 1.53 bits per heavy atom. The van der Waals surface area contributed by atoms with Gasteiger partial charge in [0, 0.05) is 12.7 Å². The van der Waals surface area contributed by atoms with Gasteiger partial charge in [-0.25, -0.2) is 4.98 Å². The maximum atomic E-state index is 11.5. The summed E-state index contributed by atoms with van der Waals surface area (Å²) in [5, 5.41) is 11.8. The second-order valence-corrected chi connectivity index (χ2v) is 5.26. The summed E-state index contributed by atoms with van der Waals surface area (Å²) in [5.41, 5.74) is 0.943. The van der Waals surface area contributed by atoms with Crippen molar-refractivity contribution >= 4 is 11.8 Å². The van der Waals surface area contributed by atoms with Crippen LogP contribution in [0.5, 0.6) is 0 Å². The summed E-state index contributed by atoms with van der Waals surface area (Å²) in [5.74, 6) is 0.439. The van der Waals surface area contributed by atoms with Gasteiger partial charge in [0.25, 0.3) is 0 Å². The van der Waals surface area contributed by atoms with Crippen molar-refractivity contribution in [2.45, 2.75) is 39.7 Å². The molecule has 1 N–H and O–H groups in total. The predicted molar refractivity (Wildman–Crippen MR) is 72.6 cm³/mol. The van der Waals surface area contributed by atoms with Crippen molar-refractivity contribution in [2.75, 3.05) is 11.9 Å². The van der Waals surface area contributed by atoms with Gasteiger partial charge in [-0.2, -0.15) is 5.26 Å². The van der Waals surface area contributed by atoms with Gasteiger partial charge in [0.15, 0.2) is 0 Å². The number of hydrogen-bond donors (Lipinski definition) is 1. The minimum absolute atomic E-state index is 0.244. The number of rotatable bonds is 4. The first-order chi connectivity index (χ1) is 8.81. The van der Waals surface area contributed by atoms with Gasteiger partial charge in [0.2, 0.25) is 0 Å². The molecule has 5 nitrogen and oxygen atoms in total. The zero-order chi connectivity index (χ0) is 14.5. The summed E-state index contributed by atoms with van der Waals surface area (Å²) in [6, 6.07) is 3.78. The molecular weight excluding hydrogens is 242 g/mol. The normalized spacial score (nSPS) is 10.7. The van der Waals surface area contributed by atoms with Gasteiger partial charge in [0.05, 0.1) is 12.0 Å². The summed E-state index contributed by atoms with van der Waals surface area (Å²) < 4.78 is 5.20. The van der Waals surface area contributed by atoms with Crippen LogP contribution < -0.4 is 5.32 Å². The van der Waals surface area contributed by atoms with E-state index in [1.54, 1.807) is 6.07 Å². The van der Waals surface area contributed by atoms with Gasteiger partial charge in [0.1, 0.15) is 17.5 Å². The number of nitriles is 1. The Bertz CT molecular complexity index is 498. The van der Waals surface area contributed by atoms with Crippen LogP contribution in [-0.4, -0.2) is 23.1 Å². The number of nitrogens with one attached hydrogen (secondary N) is 1. The van der Waals surface area contributed by atoms with Crippen LogP contribution >= 0.6 is 0 Å². The molecule has 19 heavy (non-hydrogen) atoms. The zero-order valence-corrected chi connectivity index (χ0v) is 11.8. The van der Waals surface area contributed by atoms with E-state index in [0.717, 1.165) is 5.56 Å². The van der Waals surface area contributed by atoms with Crippen LogP contribution in [0.1, 0.15) is 38.3 Å². The van der Waals surface area contributed by atoms with Crippen LogP contribution in [0.4, 0.5) is 5.82 Å². The number of ether oxygens (including phenoxy) is 1. The van der Waals surface area contributed by atoms with Crippen LogP contribution in [0.25, 0.3) is 0 Å². The summed E-state index contributed by atoms with van der Waals surface area (Å²) in [6.07, 6.45) is 1.78. The van der Waals surface area contributed by atoms with Crippen LogP contribution in [0, 0.1) is 18.3 Å². The number of nitrogens with zero attached hydrogens (tertiary/aromatic N) is 2. The van der Waals surface area contributed by atoms with E-state index in [4.69, 9.17) is 10.00 Å². The van der Waals surface area contributed by atoms with Crippen molar-refractivity contribution < 1.29 is 9.53 Å². The van der Waals surface area contributed by atoms with Crippen molar-refractivity contribution in [3.8, 4) is 6.07 Å². The van der Waals surface area contributed by atoms with E-state index in [0.29, 0.717) is 17.9 Å². The fourth-order valence-electron chi connectivity index (χ4n) is 1.50. The fraction of sp³-hybridized carbons (Fsp3) is 0.500. The molecule has 1 aromatic rings. The number of pyridine rings is 1. The Balaban J connectivity index is 2.46. The van der Waals surface area contributed by atoms with Gasteiger partial charge in [-0.1, -0.05) is 0 Å². The Hall–Kier alpha value is -2.09. The van der Waals surface area contributed by atoms with Gasteiger partial charge in [-0.05, 0) is 39.3 Å². The average molecular weight is 261 g/mol.